The van der Waals surface area contributed by atoms with Crippen LogP contribution in [0.2, 0.25) is 0 Å². The van der Waals surface area contributed by atoms with Crippen LogP contribution < -0.4 is 19.1 Å². The summed E-state index contributed by atoms with van der Waals surface area (Å²) in [5.74, 6) is 0.437. The van der Waals surface area contributed by atoms with Crippen molar-refractivity contribution in [1.82, 2.24) is 9.62 Å². The Hall–Kier alpha value is -2.83. The number of carbonyl (C=O) groups is 1. The van der Waals surface area contributed by atoms with E-state index >= 15 is 0 Å². The number of methoxy groups -OCH3 is 1. The van der Waals surface area contributed by atoms with E-state index in [0.717, 1.165) is 23.4 Å². The Kier molecular flexibility index (Phi) is 8.62. The van der Waals surface area contributed by atoms with Crippen molar-refractivity contribution >= 4 is 31.6 Å². The van der Waals surface area contributed by atoms with Crippen LogP contribution in [0.4, 0.5) is 5.69 Å². The molecule has 1 aliphatic heterocycles. The topological polar surface area (TPSA) is 122 Å². The average molecular weight is 526 g/mol. The summed E-state index contributed by atoms with van der Waals surface area (Å²) in [4.78, 5) is 12.9. The molecular formula is C23H31N3O7S2. The number of ether oxygens (including phenoxy) is 2. The third kappa shape index (κ3) is 6.65. The van der Waals surface area contributed by atoms with Crippen molar-refractivity contribution in [2.24, 2.45) is 0 Å². The van der Waals surface area contributed by atoms with Crippen LogP contribution in [0.25, 0.3) is 0 Å². The standard InChI is InChI=1S/C23H31N3O7S2/c1-18(26(34(3,28)29)19-7-6-8-21(17-19)32-2)23(27)24-13-16-33-20-9-11-22(12-10-20)35(30,31)25-14-4-5-15-25/h6-12,17-18H,4-5,13-16H2,1-3H3,(H,24,27)/t18-/m0/s1. The fourth-order valence-corrected chi connectivity index (χ4v) is 6.52. The first-order valence-electron chi connectivity index (χ1n) is 11.2. The SMILES string of the molecule is COc1cccc(N([C@@H](C)C(=O)NCCOc2ccc(S(=O)(=O)N3CCCC3)cc2)S(C)(=O)=O)c1. The predicted molar refractivity (Wildman–Crippen MR) is 133 cm³/mol. The van der Waals surface area contributed by atoms with Gasteiger partial charge in [0.25, 0.3) is 0 Å². The van der Waals surface area contributed by atoms with Crippen LogP contribution in [0.15, 0.2) is 53.4 Å². The highest BCUT2D eigenvalue weighted by molar-refractivity contribution is 7.92. The van der Waals surface area contributed by atoms with E-state index in [1.165, 1.54) is 30.5 Å². The lowest BCUT2D eigenvalue weighted by atomic mass is 10.2. The number of nitrogens with zero attached hydrogens (tertiary/aromatic N) is 2. The molecule has 2 aromatic rings. The lowest BCUT2D eigenvalue weighted by Gasteiger charge is -2.28. The molecule has 1 atom stereocenters. The highest BCUT2D eigenvalue weighted by atomic mass is 32.2. The second-order valence-corrected chi connectivity index (χ2v) is 12.0. The Balaban J connectivity index is 1.55. The van der Waals surface area contributed by atoms with Gasteiger partial charge in [-0.1, -0.05) is 6.07 Å². The molecule has 1 heterocycles. The number of benzene rings is 2. The number of amides is 1. The minimum atomic E-state index is -3.75. The fraction of sp³-hybridized carbons (Fsp3) is 0.435. The van der Waals surface area contributed by atoms with Gasteiger partial charge in [0.15, 0.2) is 0 Å². The quantitative estimate of drug-likeness (QED) is 0.444. The molecule has 35 heavy (non-hydrogen) atoms. The maximum absolute atomic E-state index is 12.7. The van der Waals surface area contributed by atoms with Gasteiger partial charge in [-0.3, -0.25) is 9.10 Å². The molecule has 1 N–H and O–H groups in total. The van der Waals surface area contributed by atoms with Crippen molar-refractivity contribution in [3.63, 3.8) is 0 Å². The molecule has 0 saturated carbocycles. The minimum Gasteiger partial charge on any atom is -0.497 e. The summed E-state index contributed by atoms with van der Waals surface area (Å²) in [6.45, 7) is 2.82. The number of hydrogen-bond donors (Lipinski definition) is 1. The lowest BCUT2D eigenvalue weighted by molar-refractivity contribution is -0.121. The first-order valence-corrected chi connectivity index (χ1v) is 14.5. The molecule has 1 aliphatic rings. The van der Waals surface area contributed by atoms with Gasteiger partial charge in [0.05, 0.1) is 30.5 Å². The Morgan fingerprint density at radius 3 is 2.31 bits per heavy atom. The second-order valence-electron chi connectivity index (χ2n) is 8.16. The van der Waals surface area contributed by atoms with Crippen LogP contribution in [0.5, 0.6) is 11.5 Å². The van der Waals surface area contributed by atoms with Crippen molar-refractivity contribution in [2.45, 2.75) is 30.7 Å². The molecule has 10 nitrogen and oxygen atoms in total. The molecule has 1 fully saturated rings. The second kappa shape index (κ2) is 11.3. The molecule has 192 valence electrons. The van der Waals surface area contributed by atoms with E-state index in [2.05, 4.69) is 5.32 Å². The van der Waals surface area contributed by atoms with E-state index < -0.39 is 32.0 Å². The van der Waals surface area contributed by atoms with E-state index in [9.17, 15) is 21.6 Å². The zero-order chi connectivity index (χ0) is 25.6. The van der Waals surface area contributed by atoms with Gasteiger partial charge >= 0.3 is 0 Å². The van der Waals surface area contributed by atoms with Crippen LogP contribution in [0.3, 0.4) is 0 Å². The summed E-state index contributed by atoms with van der Waals surface area (Å²) < 4.78 is 63.3. The summed E-state index contributed by atoms with van der Waals surface area (Å²) in [6, 6.07) is 11.6. The maximum Gasteiger partial charge on any atom is 0.243 e. The first kappa shape index (κ1) is 26.8. The Bertz CT molecular complexity index is 1230. The number of sulfonamides is 2. The van der Waals surface area contributed by atoms with Crippen LogP contribution in [0.1, 0.15) is 19.8 Å². The molecule has 3 rings (SSSR count). The van der Waals surface area contributed by atoms with Crippen LogP contribution >= 0.6 is 0 Å². The molecule has 0 bridgehead atoms. The van der Waals surface area contributed by atoms with E-state index in [4.69, 9.17) is 9.47 Å². The minimum absolute atomic E-state index is 0.120. The van der Waals surface area contributed by atoms with Gasteiger partial charge < -0.3 is 14.8 Å². The molecule has 1 amide bonds. The monoisotopic (exact) mass is 525 g/mol. The third-order valence-corrected chi connectivity index (χ3v) is 8.75. The summed E-state index contributed by atoms with van der Waals surface area (Å²) in [6.07, 6.45) is 2.77. The summed E-state index contributed by atoms with van der Waals surface area (Å²) >= 11 is 0. The van der Waals surface area contributed by atoms with E-state index in [0.29, 0.717) is 30.3 Å². The van der Waals surface area contributed by atoms with Gasteiger partial charge in [-0.25, -0.2) is 16.8 Å². The van der Waals surface area contributed by atoms with E-state index in [-0.39, 0.29) is 18.0 Å². The zero-order valence-electron chi connectivity index (χ0n) is 20.0. The van der Waals surface area contributed by atoms with Crippen molar-refractivity contribution < 1.29 is 31.1 Å². The summed E-state index contributed by atoms with van der Waals surface area (Å²) in [7, 11) is -5.77. The van der Waals surface area contributed by atoms with Gasteiger partial charge in [-0.15, -0.1) is 0 Å². The zero-order valence-corrected chi connectivity index (χ0v) is 21.6. The molecule has 0 unspecified atom stereocenters. The normalized spacial score (nSPS) is 15.4. The van der Waals surface area contributed by atoms with Gasteiger partial charge in [-0.05, 0) is 56.2 Å². The van der Waals surface area contributed by atoms with E-state index in [1.807, 2.05) is 0 Å². The Labute approximate surface area is 206 Å². The smallest absolute Gasteiger partial charge is 0.243 e. The van der Waals surface area contributed by atoms with Crippen molar-refractivity contribution in [3.8, 4) is 11.5 Å². The lowest BCUT2D eigenvalue weighted by Crippen LogP contribution is -2.48. The van der Waals surface area contributed by atoms with E-state index in [1.54, 1.807) is 36.4 Å². The highest BCUT2D eigenvalue weighted by Crippen LogP contribution is 2.25. The average Bonchev–Trinajstić information content (AvgIpc) is 3.37. The molecule has 1 saturated heterocycles. The van der Waals surface area contributed by atoms with Crippen molar-refractivity contribution in [1.29, 1.82) is 0 Å². The largest absolute Gasteiger partial charge is 0.497 e. The number of nitrogens with one attached hydrogen (secondary N) is 1. The van der Waals surface area contributed by atoms with Crippen molar-refractivity contribution in [3.05, 3.63) is 48.5 Å². The molecule has 2 aromatic carbocycles. The molecular weight excluding hydrogens is 494 g/mol. The van der Waals surface area contributed by atoms with Gasteiger partial charge in [0.1, 0.15) is 24.1 Å². The highest BCUT2D eigenvalue weighted by Gasteiger charge is 2.29. The molecule has 0 aliphatic carbocycles. The molecule has 12 heteroatoms. The van der Waals surface area contributed by atoms with Crippen LogP contribution in [-0.4, -0.2) is 72.7 Å². The number of hydrogen-bond acceptors (Lipinski definition) is 7. The first-order chi connectivity index (χ1) is 16.5. The van der Waals surface area contributed by atoms with Gasteiger partial charge in [0, 0.05) is 19.2 Å². The van der Waals surface area contributed by atoms with Crippen LogP contribution in [0, 0.1) is 0 Å². The number of rotatable bonds is 11. The predicted octanol–water partition coefficient (Wildman–Crippen LogP) is 1.83. The number of anilines is 1. The third-order valence-electron chi connectivity index (χ3n) is 5.59. The summed E-state index contributed by atoms with van der Waals surface area (Å²) in [5.41, 5.74) is 0.315. The molecule has 0 spiro atoms. The Morgan fingerprint density at radius 1 is 1.06 bits per heavy atom. The van der Waals surface area contributed by atoms with Gasteiger partial charge in [-0.2, -0.15) is 4.31 Å². The maximum atomic E-state index is 12.7. The molecule has 0 radical (unpaired) electrons. The summed E-state index contributed by atoms with van der Waals surface area (Å²) in [5, 5.41) is 2.67. The van der Waals surface area contributed by atoms with Crippen molar-refractivity contribution in [2.75, 3.05) is 43.9 Å². The Morgan fingerprint density at radius 2 is 1.71 bits per heavy atom. The number of carbonyl (C=O) groups excluding carboxylic acids is 1. The molecule has 0 aromatic heterocycles. The fourth-order valence-electron chi connectivity index (χ4n) is 3.83. The van der Waals surface area contributed by atoms with Gasteiger partial charge in [0.2, 0.25) is 26.0 Å². The van der Waals surface area contributed by atoms with Crippen LogP contribution in [-0.2, 0) is 24.8 Å².